The lowest BCUT2D eigenvalue weighted by Gasteiger charge is -2.10. The zero-order valence-corrected chi connectivity index (χ0v) is 9.22. The molecule has 1 N–H and O–H groups in total. The van der Waals surface area contributed by atoms with Gasteiger partial charge in [0.1, 0.15) is 5.82 Å². The average molecular weight is 232 g/mol. The van der Waals surface area contributed by atoms with Gasteiger partial charge < -0.3 is 5.11 Å². The summed E-state index contributed by atoms with van der Waals surface area (Å²) in [5, 5.41) is 9.96. The summed E-state index contributed by atoms with van der Waals surface area (Å²) in [6.07, 6.45) is 5.78. The number of aryl methyl sites for hydroxylation is 1. The molecule has 0 bridgehead atoms. The highest BCUT2D eigenvalue weighted by molar-refractivity contribution is 5.93. The highest BCUT2D eigenvalue weighted by atomic mass is 19.1. The molecule has 0 unspecified atom stereocenters. The predicted octanol–water partition coefficient (Wildman–Crippen LogP) is 3.37. The van der Waals surface area contributed by atoms with Crippen LogP contribution in [-0.2, 0) is 6.42 Å². The van der Waals surface area contributed by atoms with Crippen LogP contribution in [-0.4, -0.2) is 5.11 Å². The molecule has 0 aliphatic carbocycles. The van der Waals surface area contributed by atoms with Gasteiger partial charge in [0.15, 0.2) is 11.6 Å². The van der Waals surface area contributed by atoms with Crippen LogP contribution < -0.4 is 0 Å². The van der Waals surface area contributed by atoms with Crippen LogP contribution in [0.25, 0.3) is 10.8 Å². The number of rotatable bonds is 1. The molecule has 0 aromatic heterocycles. The van der Waals surface area contributed by atoms with Gasteiger partial charge in [-0.3, -0.25) is 0 Å². The normalized spacial score (nSPS) is 10.5. The van der Waals surface area contributed by atoms with Crippen LogP contribution in [0.4, 0.5) is 8.78 Å². The fourth-order valence-electron chi connectivity index (χ4n) is 1.95. The minimum Gasteiger partial charge on any atom is -0.505 e. The van der Waals surface area contributed by atoms with Crippen molar-refractivity contribution in [2.75, 3.05) is 0 Å². The zero-order valence-electron chi connectivity index (χ0n) is 9.22. The van der Waals surface area contributed by atoms with Crippen LogP contribution in [0.3, 0.4) is 0 Å². The van der Waals surface area contributed by atoms with Gasteiger partial charge in [-0.15, -0.1) is 6.42 Å². The van der Waals surface area contributed by atoms with Crippen LogP contribution in [0, 0.1) is 24.0 Å². The monoisotopic (exact) mass is 232 g/mol. The Kier molecular flexibility index (Phi) is 2.72. The predicted molar refractivity (Wildman–Crippen MR) is 62.8 cm³/mol. The Morgan fingerprint density at radius 2 is 2.06 bits per heavy atom. The third-order valence-corrected chi connectivity index (χ3v) is 2.77. The minimum absolute atomic E-state index is 0.0400. The molecule has 0 heterocycles. The first-order chi connectivity index (χ1) is 8.10. The topological polar surface area (TPSA) is 20.2 Å². The number of benzene rings is 2. The first kappa shape index (κ1) is 11.4. The van der Waals surface area contributed by atoms with Crippen molar-refractivity contribution in [3.8, 4) is 18.1 Å². The SMILES string of the molecule is C#Cc1c(F)ccc2c(F)c(O)cc(CC)c12. The second-order valence-corrected chi connectivity index (χ2v) is 3.71. The molecule has 0 amide bonds. The summed E-state index contributed by atoms with van der Waals surface area (Å²) in [6.45, 7) is 1.83. The van der Waals surface area contributed by atoms with Gasteiger partial charge in [0.25, 0.3) is 0 Å². The van der Waals surface area contributed by atoms with Crippen LogP contribution in [0.5, 0.6) is 5.75 Å². The highest BCUT2D eigenvalue weighted by Crippen LogP contribution is 2.32. The standard InChI is InChI=1S/C14H10F2O/c1-3-8-7-12(17)14(16)10-5-6-11(15)9(4-2)13(8)10/h2,5-7,17H,3H2,1H3. The lowest BCUT2D eigenvalue weighted by atomic mass is 9.96. The van der Waals surface area contributed by atoms with Gasteiger partial charge in [-0.1, -0.05) is 12.8 Å². The van der Waals surface area contributed by atoms with Crippen LogP contribution in [0.2, 0.25) is 0 Å². The third kappa shape index (κ3) is 1.62. The van der Waals surface area contributed by atoms with Gasteiger partial charge in [0.2, 0.25) is 0 Å². The molecule has 2 aromatic carbocycles. The van der Waals surface area contributed by atoms with Crippen molar-refractivity contribution < 1.29 is 13.9 Å². The summed E-state index contributed by atoms with van der Waals surface area (Å²) in [5.41, 5.74) is 0.671. The van der Waals surface area contributed by atoms with Crippen LogP contribution in [0.15, 0.2) is 18.2 Å². The maximum absolute atomic E-state index is 13.7. The van der Waals surface area contributed by atoms with Crippen molar-refractivity contribution in [3.63, 3.8) is 0 Å². The summed E-state index contributed by atoms with van der Waals surface area (Å²) in [7, 11) is 0. The van der Waals surface area contributed by atoms with Gasteiger partial charge >= 0.3 is 0 Å². The Morgan fingerprint density at radius 3 is 2.65 bits per heavy atom. The van der Waals surface area contributed by atoms with E-state index in [1.165, 1.54) is 12.1 Å². The Balaban J connectivity index is 3.05. The van der Waals surface area contributed by atoms with Crippen molar-refractivity contribution >= 4 is 10.8 Å². The smallest absolute Gasteiger partial charge is 0.172 e. The van der Waals surface area contributed by atoms with Crippen LogP contribution >= 0.6 is 0 Å². The molecule has 0 radical (unpaired) electrons. The average Bonchev–Trinajstić information content (AvgIpc) is 2.33. The molecule has 86 valence electrons. The van der Waals surface area contributed by atoms with E-state index in [-0.39, 0.29) is 10.9 Å². The fraction of sp³-hybridized carbons (Fsp3) is 0.143. The third-order valence-electron chi connectivity index (χ3n) is 2.77. The van der Waals surface area contributed by atoms with E-state index < -0.39 is 17.4 Å². The first-order valence-electron chi connectivity index (χ1n) is 5.19. The molecule has 2 aromatic rings. The molecular formula is C14H10F2O. The Hall–Kier alpha value is -2.08. The fourth-order valence-corrected chi connectivity index (χ4v) is 1.95. The molecule has 1 nitrogen and oxygen atoms in total. The van der Waals surface area contributed by atoms with E-state index in [1.807, 2.05) is 6.92 Å². The number of halogens is 2. The zero-order chi connectivity index (χ0) is 12.6. The lowest BCUT2D eigenvalue weighted by Crippen LogP contribution is -1.94. The summed E-state index contributed by atoms with van der Waals surface area (Å²) >= 11 is 0. The number of terminal acetylenes is 1. The molecule has 0 atom stereocenters. The minimum atomic E-state index is -0.770. The molecule has 0 aliphatic heterocycles. The van der Waals surface area contributed by atoms with Crippen molar-refractivity contribution in [2.45, 2.75) is 13.3 Å². The molecule has 0 spiro atoms. The Morgan fingerprint density at radius 1 is 1.35 bits per heavy atom. The summed E-state index contributed by atoms with van der Waals surface area (Å²) < 4.78 is 27.3. The van der Waals surface area contributed by atoms with Crippen molar-refractivity contribution in [1.29, 1.82) is 0 Å². The molecule has 0 aliphatic rings. The van der Waals surface area contributed by atoms with Crippen molar-refractivity contribution in [3.05, 3.63) is 41.0 Å². The maximum Gasteiger partial charge on any atom is 0.172 e. The van der Waals surface area contributed by atoms with Gasteiger partial charge in [-0.2, -0.15) is 0 Å². The van der Waals surface area contributed by atoms with E-state index in [0.717, 1.165) is 6.07 Å². The van der Waals surface area contributed by atoms with Gasteiger partial charge in [0.05, 0.1) is 5.56 Å². The molecular weight excluding hydrogens is 222 g/mol. The van der Waals surface area contributed by atoms with E-state index in [0.29, 0.717) is 17.4 Å². The summed E-state index contributed by atoms with van der Waals surface area (Å²) in [5.74, 6) is 0.470. The second kappa shape index (κ2) is 4.06. The molecule has 0 saturated heterocycles. The van der Waals surface area contributed by atoms with Crippen molar-refractivity contribution in [2.24, 2.45) is 0 Å². The number of phenols is 1. The second-order valence-electron chi connectivity index (χ2n) is 3.71. The molecule has 17 heavy (non-hydrogen) atoms. The van der Waals surface area contributed by atoms with E-state index in [4.69, 9.17) is 6.42 Å². The van der Waals surface area contributed by atoms with Gasteiger partial charge in [-0.25, -0.2) is 8.78 Å². The number of hydrogen-bond acceptors (Lipinski definition) is 1. The number of hydrogen-bond donors (Lipinski definition) is 1. The van der Waals surface area contributed by atoms with Gasteiger partial charge in [0, 0.05) is 10.8 Å². The van der Waals surface area contributed by atoms with E-state index >= 15 is 0 Å². The van der Waals surface area contributed by atoms with Crippen molar-refractivity contribution in [1.82, 2.24) is 0 Å². The highest BCUT2D eigenvalue weighted by Gasteiger charge is 2.15. The molecule has 3 heteroatoms. The lowest BCUT2D eigenvalue weighted by molar-refractivity contribution is 0.435. The van der Waals surface area contributed by atoms with E-state index in [1.54, 1.807) is 0 Å². The molecule has 0 fully saturated rings. The summed E-state index contributed by atoms with van der Waals surface area (Å²) in [4.78, 5) is 0. The number of aromatic hydroxyl groups is 1. The largest absolute Gasteiger partial charge is 0.505 e. The number of fused-ring (bicyclic) bond motifs is 1. The number of phenolic OH excluding ortho intramolecular Hbond substituents is 1. The Bertz CT molecular complexity index is 639. The molecule has 2 rings (SSSR count). The van der Waals surface area contributed by atoms with Gasteiger partial charge in [-0.05, 0) is 30.2 Å². The van der Waals surface area contributed by atoms with E-state index in [9.17, 15) is 13.9 Å². The summed E-state index contributed by atoms with van der Waals surface area (Å²) in [6, 6.07) is 3.69. The quantitative estimate of drug-likeness (QED) is 0.747. The maximum atomic E-state index is 13.7. The Labute approximate surface area is 97.7 Å². The molecule has 0 saturated carbocycles. The van der Waals surface area contributed by atoms with Crippen LogP contribution in [0.1, 0.15) is 18.1 Å². The first-order valence-corrected chi connectivity index (χ1v) is 5.19. The van der Waals surface area contributed by atoms with E-state index in [2.05, 4.69) is 5.92 Å².